The molecule has 2 saturated carbocycles. The van der Waals surface area contributed by atoms with E-state index in [1.54, 1.807) is 37.2 Å². The van der Waals surface area contributed by atoms with Gasteiger partial charge < -0.3 is 39.1 Å². The number of halogens is 2. The van der Waals surface area contributed by atoms with Crippen LogP contribution in [-0.4, -0.2) is 121 Å². The van der Waals surface area contributed by atoms with Crippen LogP contribution in [0.2, 0.25) is 10.0 Å². The van der Waals surface area contributed by atoms with Crippen LogP contribution in [0.5, 0.6) is 11.8 Å². The molecule has 2 N–H and O–H groups in total. The van der Waals surface area contributed by atoms with Gasteiger partial charge in [0, 0.05) is 99.6 Å². The van der Waals surface area contributed by atoms with E-state index in [0.717, 1.165) is 86.7 Å². The molecular formula is C54H72Cl2N10O6. The second-order valence-electron chi connectivity index (χ2n) is 20.0. The van der Waals surface area contributed by atoms with Crippen LogP contribution in [0.1, 0.15) is 111 Å². The molecule has 2 aliphatic carbocycles. The van der Waals surface area contributed by atoms with Gasteiger partial charge in [-0.3, -0.25) is 19.9 Å². The molecule has 2 aliphatic heterocycles. The van der Waals surface area contributed by atoms with Crippen LogP contribution in [0.4, 0.5) is 0 Å². The molecule has 4 aliphatic rings. The molecule has 4 fully saturated rings. The Morgan fingerprint density at radius 3 is 1.42 bits per heavy atom. The van der Waals surface area contributed by atoms with E-state index in [0.29, 0.717) is 109 Å². The standard InChI is InChI=1S/2C27H36ClN5O3/c2*1-19(16-34-2)32-21-5-3-20(4-6-21)11-22-12-23(24(28)13-31-22)25-14-30-15-26(33-25)36-18-27(17-29)7-9-35-10-8-27/h2*12-15,19-21,32H,3-11,16,18H2,1-2H3/t2*19-,20?,21?/m10/s1/i2*2D3. The summed E-state index contributed by atoms with van der Waals surface area (Å²) in [6, 6.07) is 9.42. The summed E-state index contributed by atoms with van der Waals surface area (Å²) in [5, 5.41) is 27.3. The van der Waals surface area contributed by atoms with Crippen LogP contribution in [0, 0.1) is 45.3 Å². The third kappa shape index (κ3) is 16.2. The highest BCUT2D eigenvalue weighted by Crippen LogP contribution is 2.35. The van der Waals surface area contributed by atoms with Gasteiger partial charge in [0.25, 0.3) is 0 Å². The Bertz CT molecular complexity index is 2440. The van der Waals surface area contributed by atoms with E-state index in [4.69, 9.17) is 59.8 Å². The molecule has 0 radical (unpaired) electrons. The lowest BCUT2D eigenvalue weighted by Crippen LogP contribution is -2.41. The number of hydrogen-bond acceptors (Lipinski definition) is 16. The van der Waals surface area contributed by atoms with Crippen molar-refractivity contribution in [3.05, 3.63) is 70.7 Å². The number of pyridine rings is 2. The first kappa shape index (κ1) is 47.1. The number of nitrogens with zero attached hydrogens (tertiary/aromatic N) is 8. The average molecular weight is 1030 g/mol. The van der Waals surface area contributed by atoms with E-state index in [1.165, 1.54) is 0 Å². The van der Waals surface area contributed by atoms with Gasteiger partial charge in [-0.05, 0) is 128 Å². The summed E-state index contributed by atoms with van der Waals surface area (Å²) in [4.78, 5) is 27.0. The lowest BCUT2D eigenvalue weighted by Gasteiger charge is -2.31. The first-order valence-corrected chi connectivity index (χ1v) is 26.0. The molecule has 4 aromatic rings. The Morgan fingerprint density at radius 1 is 0.639 bits per heavy atom. The third-order valence-corrected chi connectivity index (χ3v) is 15.0. The predicted molar refractivity (Wildman–Crippen MR) is 276 cm³/mol. The van der Waals surface area contributed by atoms with Crippen LogP contribution in [0.15, 0.2) is 49.3 Å². The molecule has 2 saturated heterocycles. The topological polar surface area (TPSA) is 204 Å². The van der Waals surface area contributed by atoms with Crippen molar-refractivity contribution < 1.29 is 36.6 Å². The van der Waals surface area contributed by atoms with Crippen LogP contribution < -0.4 is 20.1 Å². The molecule has 0 amide bonds. The van der Waals surface area contributed by atoms with Crippen LogP contribution in [-0.2, 0) is 31.8 Å². The predicted octanol–water partition coefficient (Wildman–Crippen LogP) is 9.23. The van der Waals surface area contributed by atoms with Gasteiger partial charge >= 0.3 is 0 Å². The van der Waals surface area contributed by atoms with Gasteiger partial charge in [0.1, 0.15) is 13.2 Å². The maximum Gasteiger partial charge on any atom is 0.232 e. The van der Waals surface area contributed by atoms with Gasteiger partial charge in [-0.1, -0.05) is 23.2 Å². The van der Waals surface area contributed by atoms with Gasteiger partial charge in [0.05, 0.1) is 90.6 Å². The number of ether oxygens (including phenoxy) is 6. The summed E-state index contributed by atoms with van der Waals surface area (Å²) >= 11 is 13.0. The summed E-state index contributed by atoms with van der Waals surface area (Å²) < 4.78 is 75.6. The number of hydrogen-bond donors (Lipinski definition) is 2. The van der Waals surface area contributed by atoms with Gasteiger partial charge in [-0.25, -0.2) is 9.97 Å². The lowest BCUT2D eigenvalue weighted by molar-refractivity contribution is 0.0182. The Balaban J connectivity index is 0.000000226. The first-order valence-electron chi connectivity index (χ1n) is 28.3. The fraction of sp³-hybridized carbons (Fsp3) is 0.630. The van der Waals surface area contributed by atoms with E-state index < -0.39 is 24.9 Å². The van der Waals surface area contributed by atoms with Crippen molar-refractivity contribution in [3.63, 3.8) is 0 Å². The monoisotopic (exact) mass is 1030 g/mol. The van der Waals surface area contributed by atoms with E-state index in [-0.39, 0.29) is 38.5 Å². The summed E-state index contributed by atoms with van der Waals surface area (Å²) in [6.07, 6.45) is 22.2. The van der Waals surface area contributed by atoms with E-state index in [1.807, 2.05) is 26.0 Å². The molecule has 4 aromatic heterocycles. The molecule has 2 atom stereocenters. The van der Waals surface area contributed by atoms with Crippen LogP contribution >= 0.6 is 23.2 Å². The Hall–Kier alpha value is -4.62. The molecule has 388 valence electrons. The number of aromatic nitrogens is 6. The van der Waals surface area contributed by atoms with Crippen molar-refractivity contribution >= 4 is 23.2 Å². The SMILES string of the molecule is [2H]C([2H])([2H])OC[C@@H](C)NC1CCC(Cc2cc(-c3cncc(OCC4(C#N)CCOCC4)n3)c(Cl)cn2)CC1.[2H]C([2H])([2H])OC[C@H](C)NC1CCC(Cc2cc(-c3cncc(OCC4(C#N)CCOCC4)n3)c(Cl)cn2)CC1. The number of nitrogens with one attached hydrogen (secondary N) is 2. The summed E-state index contributed by atoms with van der Waals surface area (Å²) in [5.41, 5.74) is 3.44. The molecule has 16 nitrogen and oxygen atoms in total. The van der Waals surface area contributed by atoms with Crippen molar-refractivity contribution in [2.24, 2.45) is 22.7 Å². The maximum absolute atomic E-state index is 9.68. The van der Waals surface area contributed by atoms with Gasteiger partial charge in [-0.15, -0.1) is 0 Å². The van der Waals surface area contributed by atoms with Crippen LogP contribution in [0.3, 0.4) is 0 Å². The molecule has 8 rings (SSSR count). The third-order valence-electron chi connectivity index (χ3n) is 14.4. The summed E-state index contributed by atoms with van der Waals surface area (Å²) in [5.74, 6) is 1.71. The Morgan fingerprint density at radius 2 is 1.04 bits per heavy atom. The van der Waals surface area contributed by atoms with E-state index in [9.17, 15) is 10.5 Å². The maximum atomic E-state index is 9.68. The molecule has 18 heteroatoms. The molecule has 0 unspecified atom stereocenters. The normalized spacial score (nSPS) is 24.1. The first-order chi connectivity index (χ1) is 37.3. The van der Waals surface area contributed by atoms with Crippen molar-refractivity contribution in [1.82, 2.24) is 40.5 Å². The van der Waals surface area contributed by atoms with Gasteiger partial charge in [0.15, 0.2) is 0 Å². The molecule has 72 heavy (non-hydrogen) atoms. The van der Waals surface area contributed by atoms with Crippen molar-refractivity contribution in [1.29, 1.82) is 10.5 Å². The zero-order valence-electron chi connectivity index (χ0n) is 47.4. The Labute approximate surface area is 444 Å². The van der Waals surface area contributed by atoms with Crippen LogP contribution in [0.25, 0.3) is 22.5 Å². The lowest BCUT2D eigenvalue weighted by atomic mass is 9.83. The molecule has 0 aromatic carbocycles. The van der Waals surface area contributed by atoms with Crippen molar-refractivity contribution in [2.75, 3.05) is 66.9 Å². The average Bonchev–Trinajstić information content (AvgIpc) is 3.44. The number of rotatable bonds is 20. The van der Waals surface area contributed by atoms with Crippen molar-refractivity contribution in [3.8, 4) is 46.4 Å². The second kappa shape index (κ2) is 27.6. The highest BCUT2D eigenvalue weighted by atomic mass is 35.5. The molecule has 0 bridgehead atoms. The minimum atomic E-state index is -2.36. The zero-order chi connectivity index (χ0) is 55.8. The van der Waals surface area contributed by atoms with Gasteiger partial charge in [0.2, 0.25) is 11.8 Å². The van der Waals surface area contributed by atoms with Gasteiger partial charge in [-0.2, -0.15) is 10.5 Å². The smallest absolute Gasteiger partial charge is 0.232 e. The summed E-state index contributed by atoms with van der Waals surface area (Å²) in [6.45, 7) is 6.92. The zero-order valence-corrected chi connectivity index (χ0v) is 42.9. The largest absolute Gasteiger partial charge is 0.475 e. The molecular weight excluding hydrogens is 956 g/mol. The highest BCUT2D eigenvalue weighted by molar-refractivity contribution is 6.33. The quantitative estimate of drug-likeness (QED) is 0.0847. The van der Waals surface area contributed by atoms with Crippen molar-refractivity contribution in [2.45, 2.75) is 128 Å². The number of methoxy groups -OCH3 is 2. The molecule has 0 spiro atoms. The number of nitriles is 2. The molecule has 6 heterocycles. The highest BCUT2D eigenvalue weighted by Gasteiger charge is 2.35. The minimum Gasteiger partial charge on any atom is -0.475 e. The van der Waals surface area contributed by atoms with E-state index in [2.05, 4.69) is 52.7 Å². The summed E-state index contributed by atoms with van der Waals surface area (Å²) in [7, 11) is -4.72. The second-order valence-corrected chi connectivity index (χ2v) is 20.8. The minimum absolute atomic E-state index is 0.0181. The fourth-order valence-corrected chi connectivity index (χ4v) is 10.4. The van der Waals surface area contributed by atoms with E-state index >= 15 is 0 Å². The fourth-order valence-electron chi connectivity index (χ4n) is 10.0. The Kier molecular flexibility index (Phi) is 18.1.